The van der Waals surface area contributed by atoms with Crippen LogP contribution in [0.3, 0.4) is 0 Å². The van der Waals surface area contributed by atoms with Gasteiger partial charge in [-0.15, -0.1) is 0 Å². The number of nitrogens with one attached hydrogen (secondary N) is 1. The molecule has 1 N–H and O–H groups in total. The molecule has 138 valence electrons. The van der Waals surface area contributed by atoms with E-state index in [1.54, 1.807) is 12.1 Å². The van der Waals surface area contributed by atoms with Crippen LogP contribution in [0.4, 0.5) is 4.39 Å². The fraction of sp³-hybridized carbons (Fsp3) is 0.190. The molecule has 4 rings (SSSR count). The Balaban J connectivity index is 1.52. The van der Waals surface area contributed by atoms with Crippen molar-refractivity contribution in [1.29, 1.82) is 0 Å². The van der Waals surface area contributed by atoms with Gasteiger partial charge in [-0.1, -0.05) is 6.07 Å². The Bertz CT molecular complexity index is 1010. The molecule has 0 bridgehead atoms. The van der Waals surface area contributed by atoms with E-state index in [-0.39, 0.29) is 18.5 Å². The maximum absolute atomic E-state index is 13.2. The lowest BCUT2D eigenvalue weighted by atomic mass is 10.2. The van der Waals surface area contributed by atoms with E-state index in [1.807, 2.05) is 42.7 Å². The van der Waals surface area contributed by atoms with Gasteiger partial charge < -0.3 is 19.4 Å². The summed E-state index contributed by atoms with van der Waals surface area (Å²) in [6.07, 6.45) is 0. The molecule has 0 fully saturated rings. The maximum atomic E-state index is 13.2. The summed E-state index contributed by atoms with van der Waals surface area (Å²) in [5.41, 5.74) is 4.06. The highest BCUT2D eigenvalue weighted by molar-refractivity contribution is 5.95. The molecule has 27 heavy (non-hydrogen) atoms. The van der Waals surface area contributed by atoms with Crippen LogP contribution in [0.1, 0.15) is 27.3 Å². The molecule has 1 aliphatic rings. The quantitative estimate of drug-likeness (QED) is 0.762. The number of rotatable bonds is 4. The van der Waals surface area contributed by atoms with Crippen molar-refractivity contribution < 1.29 is 18.7 Å². The lowest BCUT2D eigenvalue weighted by Gasteiger charge is -2.10. The SMILES string of the molecule is Cc1cc(C(=O)NCc2ccc3c(c2)OCO3)c(C)n1-c1ccc(F)cc1. The number of hydrogen-bond donors (Lipinski definition) is 1. The fourth-order valence-electron chi connectivity index (χ4n) is 3.31. The molecule has 0 spiro atoms. The molecule has 0 unspecified atom stereocenters. The highest BCUT2D eigenvalue weighted by atomic mass is 19.1. The zero-order chi connectivity index (χ0) is 19.0. The summed E-state index contributed by atoms with van der Waals surface area (Å²) >= 11 is 0. The van der Waals surface area contributed by atoms with Gasteiger partial charge in [-0.2, -0.15) is 0 Å². The molecule has 0 saturated heterocycles. The minimum absolute atomic E-state index is 0.158. The van der Waals surface area contributed by atoms with E-state index >= 15 is 0 Å². The van der Waals surface area contributed by atoms with Crippen LogP contribution in [-0.4, -0.2) is 17.3 Å². The van der Waals surface area contributed by atoms with Crippen LogP contribution in [0.2, 0.25) is 0 Å². The number of carbonyl (C=O) groups is 1. The largest absolute Gasteiger partial charge is 0.454 e. The van der Waals surface area contributed by atoms with Crippen LogP contribution in [0.15, 0.2) is 48.5 Å². The topological polar surface area (TPSA) is 52.5 Å². The summed E-state index contributed by atoms with van der Waals surface area (Å²) in [5.74, 6) is 0.959. The molecular formula is C21H19FN2O3. The molecule has 1 aliphatic heterocycles. The number of amides is 1. The maximum Gasteiger partial charge on any atom is 0.253 e. The van der Waals surface area contributed by atoms with E-state index in [1.165, 1.54) is 12.1 Å². The minimum atomic E-state index is -0.289. The molecule has 6 heteroatoms. The number of aryl methyl sites for hydroxylation is 1. The van der Waals surface area contributed by atoms with Crippen molar-refractivity contribution in [3.8, 4) is 17.2 Å². The van der Waals surface area contributed by atoms with Gasteiger partial charge in [0, 0.05) is 23.6 Å². The van der Waals surface area contributed by atoms with Crippen LogP contribution in [-0.2, 0) is 6.54 Å². The summed E-state index contributed by atoms with van der Waals surface area (Å²) in [5, 5.41) is 2.94. The van der Waals surface area contributed by atoms with Gasteiger partial charge in [0.2, 0.25) is 6.79 Å². The van der Waals surface area contributed by atoms with E-state index < -0.39 is 0 Å². The Morgan fingerprint density at radius 1 is 1.07 bits per heavy atom. The van der Waals surface area contributed by atoms with Crippen molar-refractivity contribution in [2.75, 3.05) is 6.79 Å². The Morgan fingerprint density at radius 2 is 1.81 bits per heavy atom. The molecule has 3 aromatic rings. The summed E-state index contributed by atoms with van der Waals surface area (Å²) in [6, 6.07) is 13.7. The second-order valence-corrected chi connectivity index (χ2v) is 6.47. The van der Waals surface area contributed by atoms with Gasteiger partial charge in [0.05, 0.1) is 5.56 Å². The fourth-order valence-corrected chi connectivity index (χ4v) is 3.31. The number of fused-ring (bicyclic) bond motifs is 1. The molecule has 0 aliphatic carbocycles. The summed E-state index contributed by atoms with van der Waals surface area (Å²) < 4.78 is 25.8. The van der Waals surface area contributed by atoms with Gasteiger partial charge >= 0.3 is 0 Å². The van der Waals surface area contributed by atoms with E-state index in [0.29, 0.717) is 23.6 Å². The third kappa shape index (κ3) is 3.26. The first-order valence-corrected chi connectivity index (χ1v) is 8.64. The molecule has 2 heterocycles. The summed E-state index contributed by atoms with van der Waals surface area (Å²) in [4.78, 5) is 12.7. The van der Waals surface area contributed by atoms with E-state index in [0.717, 1.165) is 22.6 Å². The lowest BCUT2D eigenvalue weighted by Crippen LogP contribution is -2.23. The van der Waals surface area contributed by atoms with Gasteiger partial charge in [0.25, 0.3) is 5.91 Å². The predicted octanol–water partition coefficient (Wildman–Crippen LogP) is 3.89. The number of hydrogen-bond acceptors (Lipinski definition) is 3. The number of ether oxygens (including phenoxy) is 2. The first-order valence-electron chi connectivity index (χ1n) is 8.64. The lowest BCUT2D eigenvalue weighted by molar-refractivity contribution is 0.0950. The summed E-state index contributed by atoms with van der Waals surface area (Å²) in [7, 11) is 0. The number of carbonyl (C=O) groups excluding carboxylic acids is 1. The molecule has 0 radical (unpaired) electrons. The molecule has 1 aromatic heterocycles. The predicted molar refractivity (Wildman–Crippen MR) is 98.9 cm³/mol. The number of benzene rings is 2. The molecule has 0 saturated carbocycles. The average molecular weight is 366 g/mol. The summed E-state index contributed by atoms with van der Waals surface area (Å²) in [6.45, 7) is 4.41. The van der Waals surface area contributed by atoms with Gasteiger partial charge in [0.15, 0.2) is 11.5 Å². The third-order valence-electron chi connectivity index (χ3n) is 4.65. The van der Waals surface area contributed by atoms with Crippen molar-refractivity contribution >= 4 is 5.91 Å². The Kier molecular flexibility index (Phi) is 4.32. The van der Waals surface area contributed by atoms with Crippen molar-refractivity contribution in [1.82, 2.24) is 9.88 Å². The zero-order valence-corrected chi connectivity index (χ0v) is 15.1. The highest BCUT2D eigenvalue weighted by Gasteiger charge is 2.17. The van der Waals surface area contributed by atoms with Gasteiger partial charge in [0.1, 0.15) is 5.82 Å². The number of nitrogens with zero attached hydrogens (tertiary/aromatic N) is 1. The standard InChI is InChI=1S/C21H19FN2O3/c1-13-9-18(14(2)24(13)17-6-4-16(22)5-7-17)21(25)23-11-15-3-8-19-20(10-15)27-12-26-19/h3-10H,11-12H2,1-2H3,(H,23,25). The van der Waals surface area contributed by atoms with Crippen molar-refractivity contribution in [2.24, 2.45) is 0 Å². The van der Waals surface area contributed by atoms with Crippen LogP contribution >= 0.6 is 0 Å². The van der Waals surface area contributed by atoms with Crippen LogP contribution in [0.25, 0.3) is 5.69 Å². The van der Waals surface area contributed by atoms with E-state index in [9.17, 15) is 9.18 Å². The van der Waals surface area contributed by atoms with Gasteiger partial charge in [-0.3, -0.25) is 4.79 Å². The monoisotopic (exact) mass is 366 g/mol. The van der Waals surface area contributed by atoms with Crippen molar-refractivity contribution in [3.05, 3.63) is 76.9 Å². The van der Waals surface area contributed by atoms with Crippen LogP contribution in [0, 0.1) is 19.7 Å². The van der Waals surface area contributed by atoms with Gasteiger partial charge in [-0.05, 0) is 61.9 Å². The number of aromatic nitrogens is 1. The molecule has 1 amide bonds. The normalized spacial score (nSPS) is 12.3. The molecule has 2 aromatic carbocycles. The van der Waals surface area contributed by atoms with E-state index in [4.69, 9.17) is 9.47 Å². The third-order valence-corrected chi connectivity index (χ3v) is 4.65. The molecule has 5 nitrogen and oxygen atoms in total. The van der Waals surface area contributed by atoms with Crippen molar-refractivity contribution in [2.45, 2.75) is 20.4 Å². The van der Waals surface area contributed by atoms with E-state index in [2.05, 4.69) is 5.32 Å². The molecular weight excluding hydrogens is 347 g/mol. The highest BCUT2D eigenvalue weighted by Crippen LogP contribution is 2.32. The first kappa shape index (κ1) is 17.1. The Morgan fingerprint density at radius 3 is 2.59 bits per heavy atom. The number of halogens is 1. The Labute approximate surface area is 156 Å². The average Bonchev–Trinajstić information content (AvgIpc) is 3.24. The van der Waals surface area contributed by atoms with Gasteiger partial charge in [-0.25, -0.2) is 4.39 Å². The smallest absolute Gasteiger partial charge is 0.253 e. The second kappa shape index (κ2) is 6.79. The Hall–Kier alpha value is -3.28. The molecule has 0 atom stereocenters. The van der Waals surface area contributed by atoms with Crippen LogP contribution in [0.5, 0.6) is 11.5 Å². The minimum Gasteiger partial charge on any atom is -0.454 e. The van der Waals surface area contributed by atoms with Crippen molar-refractivity contribution in [3.63, 3.8) is 0 Å². The van der Waals surface area contributed by atoms with Crippen LogP contribution < -0.4 is 14.8 Å². The zero-order valence-electron chi connectivity index (χ0n) is 15.1. The second-order valence-electron chi connectivity index (χ2n) is 6.47. The first-order chi connectivity index (χ1) is 13.0.